The third kappa shape index (κ3) is 4.12. The van der Waals surface area contributed by atoms with Gasteiger partial charge in [-0.3, -0.25) is 4.90 Å². The van der Waals surface area contributed by atoms with E-state index in [0.29, 0.717) is 24.5 Å². The average molecular weight is 472 g/mol. The zero-order valence-corrected chi connectivity index (χ0v) is 20.0. The van der Waals surface area contributed by atoms with Crippen LogP contribution in [0.4, 0.5) is 0 Å². The lowest BCUT2D eigenvalue weighted by Gasteiger charge is -2.61. The van der Waals surface area contributed by atoms with Crippen molar-refractivity contribution in [3.05, 3.63) is 35.4 Å². The first-order chi connectivity index (χ1) is 16.2. The summed E-state index contributed by atoms with van der Waals surface area (Å²) in [6, 6.07) is 3.88. The molecule has 1 aromatic carbocycles. The molecule has 8 heteroatoms. The molecule has 4 aliphatic rings. The van der Waals surface area contributed by atoms with E-state index in [1.54, 1.807) is 13.2 Å². The summed E-state index contributed by atoms with van der Waals surface area (Å²) in [6.45, 7) is 6.48. The monoisotopic (exact) mass is 471 g/mol. The molecule has 2 heterocycles. The number of esters is 1. The lowest BCUT2D eigenvalue weighted by atomic mass is 9.61. The number of nitrogens with zero attached hydrogens (tertiary/aromatic N) is 1. The van der Waals surface area contributed by atoms with Crippen LogP contribution in [0.1, 0.15) is 50.7 Å². The topological polar surface area (TPSA) is 94.5 Å². The van der Waals surface area contributed by atoms with Crippen molar-refractivity contribution in [2.45, 2.75) is 69.3 Å². The zero-order valence-electron chi connectivity index (χ0n) is 20.0. The Morgan fingerprint density at radius 3 is 2.74 bits per heavy atom. The summed E-state index contributed by atoms with van der Waals surface area (Å²) in [7, 11) is 1.58. The predicted octanol–water partition coefficient (Wildman–Crippen LogP) is 3.06. The second kappa shape index (κ2) is 8.66. The minimum absolute atomic E-state index is 0.0415. The van der Waals surface area contributed by atoms with Gasteiger partial charge in [-0.2, -0.15) is 0 Å². The number of carboxylic acid groups (broad SMARTS) is 1. The molecule has 0 radical (unpaired) electrons. The summed E-state index contributed by atoms with van der Waals surface area (Å²) >= 11 is 0. The van der Waals surface area contributed by atoms with Crippen molar-refractivity contribution in [3.8, 4) is 11.5 Å². The summed E-state index contributed by atoms with van der Waals surface area (Å²) in [4.78, 5) is 25.8. The van der Waals surface area contributed by atoms with Gasteiger partial charge in [0.25, 0.3) is 0 Å². The molecule has 2 aliphatic heterocycles. The number of likely N-dealkylation sites (tertiary alicyclic amines) is 1. The van der Waals surface area contributed by atoms with Crippen LogP contribution in [0.15, 0.2) is 24.3 Å². The number of carbonyl (C=O) groups excluding carboxylic acids is 1. The van der Waals surface area contributed by atoms with Crippen molar-refractivity contribution in [2.24, 2.45) is 5.92 Å². The third-order valence-electron chi connectivity index (χ3n) is 7.95. The number of carboxylic acids is 1. The van der Waals surface area contributed by atoms with Crippen molar-refractivity contribution in [2.75, 3.05) is 26.8 Å². The van der Waals surface area contributed by atoms with Crippen LogP contribution in [0, 0.1) is 5.92 Å². The summed E-state index contributed by atoms with van der Waals surface area (Å²) < 4.78 is 24.1. The molecule has 2 aliphatic carbocycles. The first kappa shape index (κ1) is 23.3. The number of aliphatic carboxylic acids is 1. The van der Waals surface area contributed by atoms with Crippen LogP contribution in [-0.2, 0) is 30.9 Å². The molecule has 8 nitrogen and oxygen atoms in total. The Morgan fingerprint density at radius 1 is 1.26 bits per heavy atom. The Bertz CT molecular complexity index is 1010. The van der Waals surface area contributed by atoms with Crippen molar-refractivity contribution in [1.29, 1.82) is 0 Å². The van der Waals surface area contributed by atoms with E-state index in [1.807, 2.05) is 19.9 Å². The van der Waals surface area contributed by atoms with Gasteiger partial charge in [-0.25, -0.2) is 9.59 Å². The quantitative estimate of drug-likeness (QED) is 0.384. The van der Waals surface area contributed by atoms with Crippen molar-refractivity contribution >= 4 is 11.9 Å². The van der Waals surface area contributed by atoms with E-state index >= 15 is 0 Å². The highest BCUT2D eigenvalue weighted by atomic mass is 16.7. The molecule has 0 amide bonds. The van der Waals surface area contributed by atoms with E-state index in [0.717, 1.165) is 48.7 Å². The Morgan fingerprint density at radius 2 is 2.06 bits per heavy atom. The summed E-state index contributed by atoms with van der Waals surface area (Å²) in [5.41, 5.74) is 1.62. The molecule has 3 atom stereocenters. The van der Waals surface area contributed by atoms with Gasteiger partial charge in [-0.15, -0.1) is 0 Å². The Labute approximate surface area is 199 Å². The molecule has 5 rings (SSSR count). The van der Waals surface area contributed by atoms with Crippen LogP contribution in [-0.4, -0.2) is 66.7 Å². The molecule has 0 spiro atoms. The fourth-order valence-electron chi connectivity index (χ4n) is 6.01. The molecular formula is C26H33NO7. The van der Waals surface area contributed by atoms with Crippen LogP contribution in [0.25, 0.3) is 0 Å². The maximum Gasteiger partial charge on any atom is 0.336 e. The van der Waals surface area contributed by atoms with E-state index in [1.165, 1.54) is 19.3 Å². The van der Waals surface area contributed by atoms with Gasteiger partial charge >= 0.3 is 11.9 Å². The highest BCUT2D eigenvalue weighted by Gasteiger charge is 2.59. The molecule has 3 fully saturated rings. The number of ether oxygens (including phenoxy) is 4. The maximum atomic E-state index is 12.4. The van der Waals surface area contributed by atoms with Crippen LogP contribution >= 0.6 is 0 Å². The van der Waals surface area contributed by atoms with E-state index in [4.69, 9.17) is 24.1 Å². The average Bonchev–Trinajstić information content (AvgIpc) is 2.75. The highest BCUT2D eigenvalue weighted by Crippen LogP contribution is 2.53. The minimum atomic E-state index is -1.20. The molecule has 1 aromatic rings. The van der Waals surface area contributed by atoms with Crippen molar-refractivity contribution < 1.29 is 33.6 Å². The highest BCUT2D eigenvalue weighted by molar-refractivity contribution is 5.92. The lowest BCUT2D eigenvalue weighted by Crippen LogP contribution is -2.70. The smallest absolute Gasteiger partial charge is 0.336 e. The van der Waals surface area contributed by atoms with Gasteiger partial charge in [0.2, 0.25) is 0 Å². The van der Waals surface area contributed by atoms with Crippen LogP contribution in [0.5, 0.6) is 11.5 Å². The van der Waals surface area contributed by atoms with Gasteiger partial charge in [0.05, 0.1) is 19.8 Å². The summed E-state index contributed by atoms with van der Waals surface area (Å²) in [6.07, 6.45) is 7.09. The summed E-state index contributed by atoms with van der Waals surface area (Å²) in [5.74, 6) is -0.877. The molecule has 184 valence electrons. The number of fused-ring (bicyclic) bond motifs is 1. The number of rotatable bonds is 6. The third-order valence-corrected chi connectivity index (χ3v) is 7.95. The number of hydrogen-bond donors (Lipinski definition) is 1. The Hall–Kier alpha value is -2.42. The Kier molecular flexibility index (Phi) is 5.94. The number of benzene rings is 1. The molecule has 1 N–H and O–H groups in total. The molecule has 0 aromatic heterocycles. The van der Waals surface area contributed by atoms with E-state index in [2.05, 4.69) is 4.90 Å². The first-order valence-electron chi connectivity index (χ1n) is 12.1. The SMILES string of the molecule is COc1cc(OC(=O)/C=C/C(=O)O)c2c(c1)[C@]13CCN(CC4CCC4)[C@H](C2)[C@@H]1OC(C)(C)OC3. The van der Waals surface area contributed by atoms with Crippen LogP contribution in [0.3, 0.4) is 0 Å². The van der Waals surface area contributed by atoms with E-state index < -0.39 is 17.7 Å². The van der Waals surface area contributed by atoms with Gasteiger partial charge < -0.3 is 24.1 Å². The number of piperidine rings is 1. The van der Waals surface area contributed by atoms with Crippen molar-refractivity contribution in [3.63, 3.8) is 0 Å². The van der Waals surface area contributed by atoms with Gasteiger partial charge in [-0.1, -0.05) is 6.42 Å². The van der Waals surface area contributed by atoms with E-state index in [-0.39, 0.29) is 17.6 Å². The molecular weight excluding hydrogens is 438 g/mol. The minimum Gasteiger partial charge on any atom is -0.497 e. The van der Waals surface area contributed by atoms with Crippen molar-refractivity contribution in [1.82, 2.24) is 4.90 Å². The van der Waals surface area contributed by atoms with Gasteiger partial charge in [-0.05, 0) is 63.6 Å². The normalized spacial score (nSPS) is 30.2. The fourth-order valence-corrected chi connectivity index (χ4v) is 6.01. The molecule has 1 saturated carbocycles. The summed E-state index contributed by atoms with van der Waals surface area (Å²) in [5, 5.41) is 8.86. The van der Waals surface area contributed by atoms with Gasteiger partial charge in [0, 0.05) is 41.8 Å². The van der Waals surface area contributed by atoms with Gasteiger partial charge in [0.1, 0.15) is 11.5 Å². The molecule has 2 saturated heterocycles. The van der Waals surface area contributed by atoms with Crippen LogP contribution in [0.2, 0.25) is 0 Å². The first-order valence-corrected chi connectivity index (χ1v) is 12.1. The second-order valence-corrected chi connectivity index (χ2v) is 10.4. The number of carbonyl (C=O) groups is 2. The molecule has 0 unspecified atom stereocenters. The van der Waals surface area contributed by atoms with E-state index in [9.17, 15) is 9.59 Å². The molecule has 2 bridgehead atoms. The van der Waals surface area contributed by atoms with Gasteiger partial charge in [0.15, 0.2) is 5.79 Å². The molecule has 34 heavy (non-hydrogen) atoms. The number of methoxy groups -OCH3 is 1. The Balaban J connectivity index is 1.56. The second-order valence-electron chi connectivity index (χ2n) is 10.4. The largest absolute Gasteiger partial charge is 0.497 e. The lowest BCUT2D eigenvalue weighted by molar-refractivity contribution is -0.322. The number of hydrogen-bond acceptors (Lipinski definition) is 7. The predicted molar refractivity (Wildman–Crippen MR) is 123 cm³/mol. The standard InChI is InChI=1S/C26H33NO7/c1-25(2)32-15-26-9-10-27(14-16-5-4-6-16)20(24(26)34-25)13-18-19(26)11-17(31-3)12-21(18)33-23(30)8-7-22(28)29/h7-8,11-12,16,20,24H,4-6,9-10,13-15H2,1-3H3,(H,28,29)/b8-7+/t20-,24+,26-/m1/s1. The zero-order chi connectivity index (χ0) is 24.1. The maximum absolute atomic E-state index is 12.4. The fraction of sp³-hybridized carbons (Fsp3) is 0.615. The van der Waals surface area contributed by atoms with Crippen LogP contribution < -0.4 is 9.47 Å².